The molecule has 0 aromatic rings. The van der Waals surface area contributed by atoms with Gasteiger partial charge in [-0.1, -0.05) is 90.9 Å². The van der Waals surface area contributed by atoms with Crippen molar-refractivity contribution in [3.8, 4) is 0 Å². The topological polar surface area (TPSA) is 40.5 Å². The zero-order valence-corrected chi connectivity index (χ0v) is 19.1. The SMILES string of the molecule is CCCCCCCCCO.CCCCCCCCCO.Cl.Cl.Cl.Cl. The molecule has 0 bridgehead atoms. The lowest BCUT2D eigenvalue weighted by atomic mass is 10.1. The van der Waals surface area contributed by atoms with Gasteiger partial charge in [0.15, 0.2) is 0 Å². The minimum atomic E-state index is 0. The van der Waals surface area contributed by atoms with Crippen LogP contribution in [0.15, 0.2) is 0 Å². The smallest absolute Gasteiger partial charge is 0.0431 e. The van der Waals surface area contributed by atoms with Crippen molar-refractivity contribution in [1.29, 1.82) is 0 Å². The fourth-order valence-corrected chi connectivity index (χ4v) is 2.14. The monoisotopic (exact) mass is 432 g/mol. The number of aliphatic hydroxyl groups excluding tert-OH is 2. The van der Waals surface area contributed by atoms with Crippen LogP contribution in [0.4, 0.5) is 0 Å². The van der Waals surface area contributed by atoms with Crippen LogP contribution in [0.25, 0.3) is 0 Å². The van der Waals surface area contributed by atoms with E-state index in [0.717, 1.165) is 12.8 Å². The first-order valence-electron chi connectivity index (χ1n) is 9.05. The van der Waals surface area contributed by atoms with E-state index in [1.54, 1.807) is 0 Å². The van der Waals surface area contributed by atoms with Crippen molar-refractivity contribution in [3.05, 3.63) is 0 Å². The van der Waals surface area contributed by atoms with Crippen LogP contribution in [0.3, 0.4) is 0 Å². The van der Waals surface area contributed by atoms with Gasteiger partial charge in [0.25, 0.3) is 0 Å². The fraction of sp³-hybridized carbons (Fsp3) is 1.00. The summed E-state index contributed by atoms with van der Waals surface area (Å²) < 4.78 is 0. The maximum atomic E-state index is 8.47. The molecule has 0 aliphatic carbocycles. The first kappa shape index (κ1) is 39.9. The van der Waals surface area contributed by atoms with Crippen LogP contribution in [0, 0.1) is 0 Å². The highest BCUT2D eigenvalue weighted by atomic mass is 35.5. The second-order valence-corrected chi connectivity index (χ2v) is 5.69. The number of unbranched alkanes of at least 4 members (excludes halogenated alkanes) is 12. The Morgan fingerprint density at radius 2 is 0.583 bits per heavy atom. The molecule has 0 saturated heterocycles. The Balaban J connectivity index is -0.0000000579. The highest BCUT2D eigenvalue weighted by Crippen LogP contribution is 2.06. The molecule has 0 heterocycles. The molecule has 0 spiro atoms. The Morgan fingerprint density at radius 3 is 0.792 bits per heavy atom. The lowest BCUT2D eigenvalue weighted by Crippen LogP contribution is -1.83. The van der Waals surface area contributed by atoms with E-state index in [9.17, 15) is 0 Å². The summed E-state index contributed by atoms with van der Waals surface area (Å²) in [5.41, 5.74) is 0. The van der Waals surface area contributed by atoms with Gasteiger partial charge in [-0.2, -0.15) is 0 Å². The third-order valence-corrected chi connectivity index (χ3v) is 3.52. The molecule has 0 fully saturated rings. The molecule has 6 heteroatoms. The molecular weight excluding hydrogens is 390 g/mol. The van der Waals surface area contributed by atoms with E-state index in [-0.39, 0.29) is 49.6 Å². The van der Waals surface area contributed by atoms with Gasteiger partial charge >= 0.3 is 0 Å². The van der Waals surface area contributed by atoms with E-state index in [0.29, 0.717) is 13.2 Å². The van der Waals surface area contributed by atoms with Crippen molar-refractivity contribution in [2.24, 2.45) is 0 Å². The van der Waals surface area contributed by atoms with Crippen LogP contribution in [-0.4, -0.2) is 23.4 Å². The average Bonchev–Trinajstić information content (AvgIpc) is 2.47. The molecule has 0 aliphatic heterocycles. The standard InChI is InChI=1S/2C9H20O.4ClH/c2*1-2-3-4-5-6-7-8-9-10;;;;/h2*10H,2-9H2,1H3;4*1H. The minimum Gasteiger partial charge on any atom is -0.396 e. The van der Waals surface area contributed by atoms with Gasteiger partial charge in [0, 0.05) is 13.2 Å². The summed E-state index contributed by atoms with van der Waals surface area (Å²) in [6, 6.07) is 0. The lowest BCUT2D eigenvalue weighted by molar-refractivity contribution is 0.282. The van der Waals surface area contributed by atoms with Crippen LogP contribution < -0.4 is 0 Å². The van der Waals surface area contributed by atoms with Gasteiger partial charge in [0.2, 0.25) is 0 Å². The average molecular weight is 434 g/mol. The Hall–Kier alpha value is 1.08. The quantitative estimate of drug-likeness (QED) is 0.285. The third kappa shape index (κ3) is 49.5. The normalized spacial score (nSPS) is 8.50. The zero-order chi connectivity index (χ0) is 15.3. The molecule has 156 valence electrons. The fourth-order valence-electron chi connectivity index (χ4n) is 2.14. The van der Waals surface area contributed by atoms with Gasteiger partial charge in [0.1, 0.15) is 0 Å². The maximum absolute atomic E-state index is 8.47. The van der Waals surface area contributed by atoms with E-state index < -0.39 is 0 Å². The van der Waals surface area contributed by atoms with E-state index in [1.807, 2.05) is 0 Å². The molecule has 0 rings (SSSR count). The van der Waals surface area contributed by atoms with Crippen molar-refractivity contribution in [3.63, 3.8) is 0 Å². The minimum absolute atomic E-state index is 0. The molecule has 0 aromatic carbocycles. The number of hydrogen-bond donors (Lipinski definition) is 2. The molecule has 0 amide bonds. The summed E-state index contributed by atoms with van der Waals surface area (Å²) in [6.07, 6.45) is 17.9. The first-order valence-corrected chi connectivity index (χ1v) is 9.05. The molecule has 0 saturated carbocycles. The molecule has 0 radical (unpaired) electrons. The molecule has 2 N–H and O–H groups in total. The second kappa shape index (κ2) is 44.0. The Morgan fingerprint density at radius 1 is 0.375 bits per heavy atom. The van der Waals surface area contributed by atoms with E-state index in [4.69, 9.17) is 10.2 Å². The van der Waals surface area contributed by atoms with Crippen LogP contribution in [0.1, 0.15) is 104 Å². The second-order valence-electron chi connectivity index (χ2n) is 5.69. The van der Waals surface area contributed by atoms with Crippen molar-refractivity contribution >= 4 is 49.6 Å². The molecule has 0 aliphatic rings. The summed E-state index contributed by atoms with van der Waals surface area (Å²) >= 11 is 0. The van der Waals surface area contributed by atoms with Crippen molar-refractivity contribution in [2.45, 2.75) is 104 Å². The number of hydrogen-bond acceptors (Lipinski definition) is 2. The maximum Gasteiger partial charge on any atom is 0.0431 e. The van der Waals surface area contributed by atoms with Gasteiger partial charge < -0.3 is 10.2 Å². The van der Waals surface area contributed by atoms with Crippen molar-refractivity contribution in [1.82, 2.24) is 0 Å². The predicted molar refractivity (Wildman–Crippen MR) is 119 cm³/mol. The highest BCUT2D eigenvalue weighted by Gasteiger charge is 1.88. The van der Waals surface area contributed by atoms with E-state index in [1.165, 1.54) is 77.0 Å². The Kier molecular flexibility index (Phi) is 73.2. The van der Waals surface area contributed by atoms with Gasteiger partial charge in [-0.15, -0.1) is 49.6 Å². The number of aliphatic hydroxyl groups is 2. The lowest BCUT2D eigenvalue weighted by Gasteiger charge is -1.97. The van der Waals surface area contributed by atoms with Crippen molar-refractivity contribution in [2.75, 3.05) is 13.2 Å². The zero-order valence-electron chi connectivity index (χ0n) is 15.8. The summed E-state index contributed by atoms with van der Waals surface area (Å²) in [4.78, 5) is 0. The van der Waals surface area contributed by atoms with Gasteiger partial charge in [-0.3, -0.25) is 0 Å². The molecule has 2 nitrogen and oxygen atoms in total. The molecule has 0 unspecified atom stereocenters. The Labute approximate surface area is 176 Å². The van der Waals surface area contributed by atoms with Gasteiger partial charge in [-0.05, 0) is 12.8 Å². The number of rotatable bonds is 14. The Bertz CT molecular complexity index is 121. The van der Waals surface area contributed by atoms with E-state index in [2.05, 4.69) is 13.8 Å². The summed E-state index contributed by atoms with van der Waals surface area (Å²) in [7, 11) is 0. The molecular formula is C18H44Cl4O2. The first-order chi connectivity index (χ1) is 9.83. The predicted octanol–water partition coefficient (Wildman–Crippen LogP) is 7.15. The third-order valence-electron chi connectivity index (χ3n) is 3.52. The summed E-state index contributed by atoms with van der Waals surface area (Å²) in [6.45, 7) is 5.20. The van der Waals surface area contributed by atoms with Crippen LogP contribution in [0.2, 0.25) is 0 Å². The van der Waals surface area contributed by atoms with Crippen molar-refractivity contribution < 1.29 is 10.2 Å². The highest BCUT2D eigenvalue weighted by molar-refractivity contribution is 5.86. The van der Waals surface area contributed by atoms with Crippen LogP contribution in [0.5, 0.6) is 0 Å². The molecule has 0 aromatic heterocycles. The van der Waals surface area contributed by atoms with Gasteiger partial charge in [-0.25, -0.2) is 0 Å². The van der Waals surface area contributed by atoms with Crippen LogP contribution in [-0.2, 0) is 0 Å². The number of halogens is 4. The van der Waals surface area contributed by atoms with E-state index >= 15 is 0 Å². The molecule has 24 heavy (non-hydrogen) atoms. The van der Waals surface area contributed by atoms with Crippen LogP contribution >= 0.6 is 49.6 Å². The summed E-state index contributed by atoms with van der Waals surface area (Å²) in [5.74, 6) is 0. The van der Waals surface area contributed by atoms with Gasteiger partial charge in [0.05, 0.1) is 0 Å². The largest absolute Gasteiger partial charge is 0.396 e. The molecule has 0 atom stereocenters. The summed E-state index contributed by atoms with van der Waals surface area (Å²) in [5, 5.41) is 16.9.